The SMILES string of the molecule is CCn1c(CNC2(CO)CCCCC2)nc2ccccc21. The summed E-state index contributed by atoms with van der Waals surface area (Å²) >= 11 is 0. The van der Waals surface area contributed by atoms with Crippen molar-refractivity contribution in [1.82, 2.24) is 14.9 Å². The van der Waals surface area contributed by atoms with E-state index in [1.54, 1.807) is 0 Å². The zero-order valence-corrected chi connectivity index (χ0v) is 12.8. The van der Waals surface area contributed by atoms with E-state index in [1.165, 1.54) is 24.8 Å². The minimum atomic E-state index is -0.102. The monoisotopic (exact) mass is 287 g/mol. The van der Waals surface area contributed by atoms with Crippen LogP contribution in [0.3, 0.4) is 0 Å². The molecule has 114 valence electrons. The number of aliphatic hydroxyl groups excluding tert-OH is 1. The van der Waals surface area contributed by atoms with E-state index in [0.29, 0.717) is 0 Å². The third kappa shape index (κ3) is 2.83. The first-order chi connectivity index (χ1) is 10.3. The number of para-hydroxylation sites is 2. The fourth-order valence-electron chi connectivity index (χ4n) is 3.50. The number of rotatable bonds is 5. The second-order valence-corrected chi connectivity index (χ2v) is 6.11. The number of aromatic nitrogens is 2. The van der Waals surface area contributed by atoms with Crippen LogP contribution in [0.4, 0.5) is 0 Å². The van der Waals surface area contributed by atoms with E-state index in [1.807, 2.05) is 6.07 Å². The van der Waals surface area contributed by atoms with E-state index in [2.05, 4.69) is 35.0 Å². The van der Waals surface area contributed by atoms with Crippen molar-refractivity contribution < 1.29 is 5.11 Å². The summed E-state index contributed by atoms with van der Waals surface area (Å²) in [7, 11) is 0. The third-order valence-corrected chi connectivity index (χ3v) is 4.78. The van der Waals surface area contributed by atoms with Crippen LogP contribution in [0.5, 0.6) is 0 Å². The zero-order valence-electron chi connectivity index (χ0n) is 12.8. The standard InChI is InChI=1S/C17H25N3O/c1-2-20-15-9-5-4-8-14(15)19-16(20)12-18-17(13-21)10-6-3-7-11-17/h4-5,8-9,18,21H,2-3,6-7,10-13H2,1H3. The Morgan fingerprint density at radius 2 is 2.00 bits per heavy atom. The van der Waals surface area contributed by atoms with Gasteiger partial charge >= 0.3 is 0 Å². The first kappa shape index (κ1) is 14.5. The summed E-state index contributed by atoms with van der Waals surface area (Å²) in [4.78, 5) is 4.75. The van der Waals surface area contributed by atoms with Crippen molar-refractivity contribution in [1.29, 1.82) is 0 Å². The van der Waals surface area contributed by atoms with Crippen LogP contribution in [0.25, 0.3) is 11.0 Å². The maximum Gasteiger partial charge on any atom is 0.123 e. The molecule has 1 aromatic heterocycles. The Morgan fingerprint density at radius 1 is 1.24 bits per heavy atom. The van der Waals surface area contributed by atoms with Crippen LogP contribution in [0.1, 0.15) is 44.9 Å². The van der Waals surface area contributed by atoms with E-state index in [9.17, 15) is 5.11 Å². The highest BCUT2D eigenvalue weighted by molar-refractivity contribution is 5.75. The first-order valence-corrected chi connectivity index (χ1v) is 8.08. The molecule has 0 bridgehead atoms. The van der Waals surface area contributed by atoms with Crippen molar-refractivity contribution in [2.45, 2.75) is 57.7 Å². The van der Waals surface area contributed by atoms with Crippen LogP contribution >= 0.6 is 0 Å². The quantitative estimate of drug-likeness (QED) is 0.889. The molecule has 0 atom stereocenters. The molecule has 0 spiro atoms. The Morgan fingerprint density at radius 3 is 2.71 bits per heavy atom. The Bertz CT molecular complexity index is 599. The van der Waals surface area contributed by atoms with Crippen LogP contribution < -0.4 is 5.32 Å². The number of benzene rings is 1. The summed E-state index contributed by atoms with van der Waals surface area (Å²) in [5.41, 5.74) is 2.14. The molecule has 1 fully saturated rings. The zero-order chi connectivity index (χ0) is 14.7. The first-order valence-electron chi connectivity index (χ1n) is 8.08. The van der Waals surface area contributed by atoms with Gasteiger partial charge in [-0.1, -0.05) is 31.4 Å². The lowest BCUT2D eigenvalue weighted by Crippen LogP contribution is -2.49. The molecule has 1 aliphatic rings. The Kier molecular flexibility index (Phi) is 4.27. The Hall–Kier alpha value is -1.39. The average Bonchev–Trinajstić information content (AvgIpc) is 2.91. The number of aryl methyl sites for hydroxylation is 1. The molecule has 0 saturated heterocycles. The Balaban J connectivity index is 1.81. The number of hydrogen-bond donors (Lipinski definition) is 2. The molecule has 1 heterocycles. The van der Waals surface area contributed by atoms with Crippen LogP contribution in [-0.4, -0.2) is 26.8 Å². The second-order valence-electron chi connectivity index (χ2n) is 6.11. The molecule has 0 aliphatic heterocycles. The van der Waals surface area contributed by atoms with Gasteiger partial charge in [-0.05, 0) is 31.9 Å². The lowest BCUT2D eigenvalue weighted by atomic mass is 9.82. The molecule has 4 nitrogen and oxygen atoms in total. The fourth-order valence-corrected chi connectivity index (χ4v) is 3.50. The molecular formula is C17H25N3O. The van der Waals surface area contributed by atoms with Crippen molar-refractivity contribution in [2.24, 2.45) is 0 Å². The van der Waals surface area contributed by atoms with Gasteiger partial charge in [-0.15, -0.1) is 0 Å². The highest BCUT2D eigenvalue weighted by Gasteiger charge is 2.31. The van der Waals surface area contributed by atoms with E-state index in [-0.39, 0.29) is 12.1 Å². The van der Waals surface area contributed by atoms with Gasteiger partial charge in [0, 0.05) is 12.1 Å². The fraction of sp³-hybridized carbons (Fsp3) is 0.588. The summed E-state index contributed by atoms with van der Waals surface area (Å²) in [6, 6.07) is 8.28. The highest BCUT2D eigenvalue weighted by atomic mass is 16.3. The van der Waals surface area contributed by atoms with E-state index >= 15 is 0 Å². The molecule has 1 saturated carbocycles. The molecule has 0 amide bonds. The van der Waals surface area contributed by atoms with Gasteiger partial charge in [-0.3, -0.25) is 0 Å². The van der Waals surface area contributed by atoms with Crippen molar-refractivity contribution in [3.8, 4) is 0 Å². The van der Waals surface area contributed by atoms with Crippen LogP contribution in [0.15, 0.2) is 24.3 Å². The molecular weight excluding hydrogens is 262 g/mol. The molecule has 4 heteroatoms. The lowest BCUT2D eigenvalue weighted by molar-refractivity contribution is 0.118. The number of nitrogens with one attached hydrogen (secondary N) is 1. The van der Waals surface area contributed by atoms with Crippen molar-refractivity contribution in [3.05, 3.63) is 30.1 Å². The number of nitrogens with zero attached hydrogens (tertiary/aromatic N) is 2. The maximum atomic E-state index is 9.80. The minimum absolute atomic E-state index is 0.102. The van der Waals surface area contributed by atoms with Gasteiger partial charge in [0.25, 0.3) is 0 Å². The normalized spacial score (nSPS) is 18.2. The van der Waals surface area contributed by atoms with Crippen LogP contribution in [0, 0.1) is 0 Å². The molecule has 0 radical (unpaired) electrons. The van der Waals surface area contributed by atoms with Crippen LogP contribution in [0.2, 0.25) is 0 Å². The molecule has 1 aromatic carbocycles. The van der Waals surface area contributed by atoms with Gasteiger partial charge < -0.3 is 15.0 Å². The van der Waals surface area contributed by atoms with Gasteiger partial charge in [0.1, 0.15) is 5.82 Å². The molecule has 3 rings (SSSR count). The topological polar surface area (TPSA) is 50.1 Å². The lowest BCUT2D eigenvalue weighted by Gasteiger charge is -2.36. The van der Waals surface area contributed by atoms with Gasteiger partial charge in [-0.2, -0.15) is 0 Å². The average molecular weight is 287 g/mol. The largest absolute Gasteiger partial charge is 0.394 e. The van der Waals surface area contributed by atoms with Crippen LogP contribution in [-0.2, 0) is 13.1 Å². The smallest absolute Gasteiger partial charge is 0.123 e. The second kappa shape index (κ2) is 6.16. The van der Waals surface area contributed by atoms with Gasteiger partial charge in [-0.25, -0.2) is 4.98 Å². The minimum Gasteiger partial charge on any atom is -0.394 e. The van der Waals surface area contributed by atoms with Gasteiger partial charge in [0.2, 0.25) is 0 Å². The molecule has 0 unspecified atom stereocenters. The van der Waals surface area contributed by atoms with E-state index in [4.69, 9.17) is 4.98 Å². The van der Waals surface area contributed by atoms with Crippen molar-refractivity contribution in [2.75, 3.05) is 6.61 Å². The number of aliphatic hydroxyl groups is 1. The highest BCUT2D eigenvalue weighted by Crippen LogP contribution is 2.28. The molecule has 21 heavy (non-hydrogen) atoms. The molecule has 2 aromatic rings. The maximum absolute atomic E-state index is 9.80. The number of hydrogen-bond acceptors (Lipinski definition) is 3. The van der Waals surface area contributed by atoms with Gasteiger partial charge in [0.15, 0.2) is 0 Å². The summed E-state index contributed by atoms with van der Waals surface area (Å²) in [6.45, 7) is 4.02. The Labute approximate surface area is 126 Å². The van der Waals surface area contributed by atoms with Gasteiger partial charge in [0.05, 0.1) is 24.2 Å². The summed E-state index contributed by atoms with van der Waals surface area (Å²) in [6.07, 6.45) is 5.83. The summed E-state index contributed by atoms with van der Waals surface area (Å²) < 4.78 is 2.26. The predicted molar refractivity (Wildman–Crippen MR) is 85.1 cm³/mol. The summed E-state index contributed by atoms with van der Waals surface area (Å²) in [5, 5.41) is 13.4. The van der Waals surface area contributed by atoms with Crippen molar-refractivity contribution in [3.63, 3.8) is 0 Å². The predicted octanol–water partition coefficient (Wildman–Crippen LogP) is 2.84. The van der Waals surface area contributed by atoms with E-state index < -0.39 is 0 Å². The summed E-state index contributed by atoms with van der Waals surface area (Å²) in [5.74, 6) is 1.07. The number of imidazole rings is 1. The van der Waals surface area contributed by atoms with Crippen molar-refractivity contribution >= 4 is 11.0 Å². The molecule has 2 N–H and O–H groups in total. The van der Waals surface area contributed by atoms with E-state index in [0.717, 1.165) is 37.3 Å². The number of fused-ring (bicyclic) bond motifs is 1. The third-order valence-electron chi connectivity index (χ3n) is 4.78. The molecule has 1 aliphatic carbocycles.